The van der Waals surface area contributed by atoms with Crippen LogP contribution in [0.4, 0.5) is 10.1 Å². The second-order valence-electron chi connectivity index (χ2n) is 3.87. The first kappa shape index (κ1) is 13.1. The molecule has 0 bridgehead atoms. The number of ether oxygens (including phenoxy) is 1. The molecule has 0 aliphatic carbocycles. The topological polar surface area (TPSA) is 48.1 Å². The number of nitrogens with two attached hydrogens (primary N) is 1. The fourth-order valence-corrected chi connectivity index (χ4v) is 1.47. The summed E-state index contributed by atoms with van der Waals surface area (Å²) in [5.41, 5.74) is 7.27. The lowest BCUT2D eigenvalue weighted by Gasteiger charge is -1.99. The van der Waals surface area contributed by atoms with Crippen LogP contribution >= 0.6 is 0 Å². The molecule has 0 radical (unpaired) electrons. The highest BCUT2D eigenvalue weighted by Crippen LogP contribution is 2.08. The lowest BCUT2D eigenvalue weighted by Crippen LogP contribution is -1.96. The second-order valence-corrected chi connectivity index (χ2v) is 3.87. The molecule has 96 valence electrons. The van der Waals surface area contributed by atoms with Gasteiger partial charge in [-0.05, 0) is 11.5 Å². The Hall–Kier alpha value is -2.38. The van der Waals surface area contributed by atoms with Crippen LogP contribution in [0.5, 0.6) is 0 Å². The quantitative estimate of drug-likeness (QED) is 0.677. The molecule has 3 nitrogen and oxygen atoms in total. The van der Waals surface area contributed by atoms with Crippen LogP contribution in [0.3, 0.4) is 0 Å². The lowest BCUT2D eigenvalue weighted by atomic mass is 10.2. The van der Waals surface area contributed by atoms with Gasteiger partial charge in [0.2, 0.25) is 0 Å². The molecule has 1 aromatic heterocycles. The van der Waals surface area contributed by atoms with E-state index in [1.165, 1.54) is 6.07 Å². The smallest absolute Gasteiger partial charge is 0.143 e. The van der Waals surface area contributed by atoms with Crippen molar-refractivity contribution in [2.24, 2.45) is 0 Å². The molecule has 1 aromatic carbocycles. The molecule has 2 rings (SSSR count). The van der Waals surface area contributed by atoms with E-state index < -0.39 is 5.82 Å². The molecular weight excluding hydrogens is 243 g/mol. The predicted molar refractivity (Wildman–Crippen MR) is 71.6 cm³/mol. The lowest BCUT2D eigenvalue weighted by molar-refractivity contribution is 0.153. The SMILES string of the molecule is Nc1cc(F)cnc1C#CCOCc1ccccc1. The van der Waals surface area contributed by atoms with Crippen LogP contribution in [0.2, 0.25) is 0 Å². The molecule has 1 heterocycles. The van der Waals surface area contributed by atoms with Crippen LogP contribution < -0.4 is 5.73 Å². The summed E-state index contributed by atoms with van der Waals surface area (Å²) in [6.07, 6.45) is 1.09. The fraction of sp³-hybridized carbons (Fsp3) is 0.133. The van der Waals surface area contributed by atoms with Crippen molar-refractivity contribution in [2.45, 2.75) is 6.61 Å². The van der Waals surface area contributed by atoms with Crippen molar-refractivity contribution in [3.8, 4) is 11.8 Å². The monoisotopic (exact) mass is 256 g/mol. The molecule has 2 aromatic rings. The van der Waals surface area contributed by atoms with E-state index in [0.29, 0.717) is 12.3 Å². The van der Waals surface area contributed by atoms with Crippen molar-refractivity contribution in [3.05, 3.63) is 59.7 Å². The molecule has 0 saturated heterocycles. The van der Waals surface area contributed by atoms with Gasteiger partial charge >= 0.3 is 0 Å². The minimum Gasteiger partial charge on any atom is -0.396 e. The van der Waals surface area contributed by atoms with Crippen molar-refractivity contribution in [3.63, 3.8) is 0 Å². The third-order valence-electron chi connectivity index (χ3n) is 2.38. The number of hydrogen-bond acceptors (Lipinski definition) is 3. The van der Waals surface area contributed by atoms with Gasteiger partial charge in [-0.25, -0.2) is 9.37 Å². The summed E-state index contributed by atoms with van der Waals surface area (Å²) in [6.45, 7) is 0.773. The molecule has 0 saturated carbocycles. The molecular formula is C15H13FN2O. The Bertz CT molecular complexity index is 603. The summed E-state index contributed by atoms with van der Waals surface area (Å²) in [5.74, 6) is 5.07. The number of pyridine rings is 1. The zero-order chi connectivity index (χ0) is 13.5. The van der Waals surface area contributed by atoms with E-state index in [2.05, 4.69) is 16.8 Å². The van der Waals surface area contributed by atoms with Gasteiger partial charge in [-0.15, -0.1) is 0 Å². The van der Waals surface area contributed by atoms with E-state index in [9.17, 15) is 4.39 Å². The Morgan fingerprint density at radius 2 is 2.05 bits per heavy atom. The summed E-state index contributed by atoms with van der Waals surface area (Å²) in [6, 6.07) is 11.0. The maximum Gasteiger partial charge on any atom is 0.143 e. The number of benzene rings is 1. The number of hydrogen-bond donors (Lipinski definition) is 1. The Kier molecular flexibility index (Phi) is 4.49. The maximum absolute atomic E-state index is 12.8. The van der Waals surface area contributed by atoms with Crippen LogP contribution in [0.15, 0.2) is 42.6 Å². The molecule has 0 spiro atoms. The van der Waals surface area contributed by atoms with Crippen LogP contribution in [-0.4, -0.2) is 11.6 Å². The molecule has 0 fully saturated rings. The largest absolute Gasteiger partial charge is 0.396 e. The average Bonchev–Trinajstić information content (AvgIpc) is 2.42. The first-order valence-electron chi connectivity index (χ1n) is 5.77. The highest BCUT2D eigenvalue weighted by atomic mass is 19.1. The number of aromatic nitrogens is 1. The Balaban J connectivity index is 1.85. The van der Waals surface area contributed by atoms with Crippen molar-refractivity contribution >= 4 is 5.69 Å². The van der Waals surface area contributed by atoms with E-state index >= 15 is 0 Å². The molecule has 0 amide bonds. The van der Waals surface area contributed by atoms with Crippen LogP contribution in [-0.2, 0) is 11.3 Å². The Labute approximate surface area is 111 Å². The summed E-state index contributed by atoms with van der Waals surface area (Å²) in [7, 11) is 0. The number of rotatable bonds is 3. The van der Waals surface area contributed by atoms with Gasteiger partial charge in [0.05, 0.1) is 18.5 Å². The third-order valence-corrected chi connectivity index (χ3v) is 2.38. The van der Waals surface area contributed by atoms with Gasteiger partial charge in [-0.2, -0.15) is 0 Å². The highest BCUT2D eigenvalue weighted by molar-refractivity contribution is 5.51. The number of halogens is 1. The molecule has 0 atom stereocenters. The van der Waals surface area contributed by atoms with Crippen LogP contribution in [0, 0.1) is 17.7 Å². The van der Waals surface area contributed by atoms with E-state index in [-0.39, 0.29) is 12.3 Å². The van der Waals surface area contributed by atoms with Gasteiger partial charge in [0, 0.05) is 6.07 Å². The van der Waals surface area contributed by atoms with Crippen molar-refractivity contribution < 1.29 is 9.13 Å². The maximum atomic E-state index is 12.8. The first-order valence-corrected chi connectivity index (χ1v) is 5.77. The van der Waals surface area contributed by atoms with Gasteiger partial charge < -0.3 is 10.5 Å². The van der Waals surface area contributed by atoms with E-state index in [4.69, 9.17) is 10.5 Å². The van der Waals surface area contributed by atoms with E-state index in [1.54, 1.807) is 0 Å². The summed E-state index contributed by atoms with van der Waals surface area (Å²) < 4.78 is 18.2. The minimum atomic E-state index is -0.469. The fourth-order valence-electron chi connectivity index (χ4n) is 1.47. The van der Waals surface area contributed by atoms with Gasteiger partial charge in [0.1, 0.15) is 18.1 Å². The standard InChI is InChI=1S/C15H13FN2O/c16-13-9-14(17)15(18-10-13)7-4-8-19-11-12-5-2-1-3-6-12/h1-3,5-6,9-10H,8,11,17H2. The number of anilines is 1. The summed E-state index contributed by atoms with van der Waals surface area (Å²) >= 11 is 0. The van der Waals surface area contributed by atoms with Crippen LogP contribution in [0.1, 0.15) is 11.3 Å². The molecule has 19 heavy (non-hydrogen) atoms. The Morgan fingerprint density at radius 1 is 1.26 bits per heavy atom. The van der Waals surface area contributed by atoms with Crippen molar-refractivity contribution in [2.75, 3.05) is 12.3 Å². The highest BCUT2D eigenvalue weighted by Gasteiger charge is 1.98. The van der Waals surface area contributed by atoms with Gasteiger partial charge in [-0.3, -0.25) is 0 Å². The van der Waals surface area contributed by atoms with Gasteiger partial charge in [-0.1, -0.05) is 36.3 Å². The van der Waals surface area contributed by atoms with Gasteiger partial charge in [0.25, 0.3) is 0 Å². The second kappa shape index (κ2) is 6.53. The first-order chi connectivity index (χ1) is 9.25. The third kappa shape index (κ3) is 4.09. The average molecular weight is 256 g/mol. The normalized spacial score (nSPS) is 9.74. The summed E-state index contributed by atoms with van der Waals surface area (Å²) in [5, 5.41) is 0. The Morgan fingerprint density at radius 3 is 2.79 bits per heavy atom. The minimum absolute atomic E-state index is 0.232. The molecule has 0 aliphatic rings. The number of nitrogen functional groups attached to an aromatic ring is 1. The molecule has 2 N–H and O–H groups in total. The summed E-state index contributed by atoms with van der Waals surface area (Å²) in [4.78, 5) is 3.80. The van der Waals surface area contributed by atoms with Crippen molar-refractivity contribution in [1.82, 2.24) is 4.98 Å². The van der Waals surface area contributed by atoms with E-state index in [0.717, 1.165) is 11.8 Å². The molecule has 4 heteroatoms. The molecule has 0 unspecified atom stereocenters. The predicted octanol–water partition coefficient (Wildman–Crippen LogP) is 2.37. The van der Waals surface area contributed by atoms with Crippen molar-refractivity contribution in [1.29, 1.82) is 0 Å². The van der Waals surface area contributed by atoms with Gasteiger partial charge in [0.15, 0.2) is 0 Å². The zero-order valence-electron chi connectivity index (χ0n) is 10.3. The van der Waals surface area contributed by atoms with Crippen LogP contribution in [0.25, 0.3) is 0 Å². The zero-order valence-corrected chi connectivity index (χ0v) is 10.3. The van der Waals surface area contributed by atoms with E-state index in [1.807, 2.05) is 30.3 Å². The molecule has 0 aliphatic heterocycles. The number of nitrogens with zero attached hydrogens (tertiary/aromatic N) is 1.